The number of rotatable bonds is 5. The number of unbranched alkanes of at least 4 members (excludes halogenated alkanes) is 1. The zero-order valence-electron chi connectivity index (χ0n) is 13.3. The molecule has 0 atom stereocenters. The lowest BCUT2D eigenvalue weighted by Crippen LogP contribution is -2.05. The van der Waals surface area contributed by atoms with Gasteiger partial charge in [-0.3, -0.25) is 4.79 Å². The number of aromatic nitrogens is 4. The van der Waals surface area contributed by atoms with Crippen molar-refractivity contribution in [1.29, 1.82) is 0 Å². The van der Waals surface area contributed by atoms with Crippen LogP contribution < -0.4 is 10.5 Å². The van der Waals surface area contributed by atoms with Crippen LogP contribution in [0.1, 0.15) is 32.4 Å². The Kier molecular flexibility index (Phi) is 4.06. The maximum Gasteiger partial charge on any atom is 0.221 e. The summed E-state index contributed by atoms with van der Waals surface area (Å²) in [6.45, 7) is 7.71. The van der Waals surface area contributed by atoms with Gasteiger partial charge in [0, 0.05) is 23.4 Å². The number of anilines is 1. The molecule has 0 spiro atoms. The number of benzene rings is 1. The van der Waals surface area contributed by atoms with Crippen molar-refractivity contribution in [2.45, 2.75) is 33.1 Å². The second kappa shape index (κ2) is 6.16. The summed E-state index contributed by atoms with van der Waals surface area (Å²) in [5, 5.41) is 12.5. The molecule has 0 bridgehead atoms. The van der Waals surface area contributed by atoms with E-state index >= 15 is 0 Å². The highest BCUT2D eigenvalue weighted by molar-refractivity contribution is 5.88. The first-order valence-electron chi connectivity index (χ1n) is 7.71. The van der Waals surface area contributed by atoms with Crippen molar-refractivity contribution < 1.29 is 4.79 Å². The van der Waals surface area contributed by atoms with Crippen molar-refractivity contribution in [2.75, 3.05) is 5.32 Å². The topological polar surface area (TPSA) is 72.2 Å². The smallest absolute Gasteiger partial charge is 0.221 e. The lowest BCUT2D eigenvalue weighted by molar-refractivity contribution is -0.114. The molecular weight excluding hydrogens is 290 g/mol. The van der Waals surface area contributed by atoms with E-state index in [-0.39, 0.29) is 5.91 Å². The van der Waals surface area contributed by atoms with Gasteiger partial charge in [0.25, 0.3) is 0 Å². The highest BCUT2D eigenvalue weighted by Gasteiger charge is 2.12. The minimum Gasteiger partial charge on any atom is -0.326 e. The second-order valence-corrected chi connectivity index (χ2v) is 5.54. The van der Waals surface area contributed by atoms with E-state index in [1.54, 1.807) is 4.63 Å². The van der Waals surface area contributed by atoms with Crippen LogP contribution >= 0.6 is 0 Å². The number of hydrogen-bond acceptors (Lipinski definition) is 4. The van der Waals surface area contributed by atoms with Crippen LogP contribution in [0.3, 0.4) is 0 Å². The average Bonchev–Trinajstić information content (AvgIpc) is 3.05. The Labute approximate surface area is 134 Å². The first-order valence-corrected chi connectivity index (χ1v) is 7.71. The van der Waals surface area contributed by atoms with Crippen LogP contribution in [0, 0.1) is 0 Å². The summed E-state index contributed by atoms with van der Waals surface area (Å²) in [5.41, 5.74) is 3.29. The Hall–Kier alpha value is -2.76. The van der Waals surface area contributed by atoms with Crippen molar-refractivity contribution in [3.63, 3.8) is 0 Å². The second-order valence-electron chi connectivity index (χ2n) is 5.54. The number of amides is 1. The Morgan fingerprint density at radius 2 is 2.00 bits per heavy atom. The highest BCUT2D eigenvalue weighted by atomic mass is 16.1. The third-order valence-electron chi connectivity index (χ3n) is 3.65. The fourth-order valence-corrected chi connectivity index (χ4v) is 2.44. The van der Waals surface area contributed by atoms with Gasteiger partial charge >= 0.3 is 0 Å². The molecule has 3 rings (SSSR count). The zero-order valence-corrected chi connectivity index (χ0v) is 13.3. The van der Waals surface area contributed by atoms with Gasteiger partial charge in [0.05, 0.1) is 5.69 Å². The molecule has 1 amide bonds. The maximum atomic E-state index is 11.0. The molecule has 6 nitrogen and oxygen atoms in total. The van der Waals surface area contributed by atoms with Gasteiger partial charge in [0.2, 0.25) is 5.91 Å². The van der Waals surface area contributed by atoms with Gasteiger partial charge in [-0.1, -0.05) is 19.9 Å². The molecule has 0 aliphatic rings. The molecule has 0 radical (unpaired) electrons. The Morgan fingerprint density at radius 1 is 1.26 bits per heavy atom. The van der Waals surface area contributed by atoms with E-state index in [2.05, 4.69) is 34.0 Å². The van der Waals surface area contributed by atoms with Gasteiger partial charge in [0.15, 0.2) is 11.5 Å². The van der Waals surface area contributed by atoms with E-state index in [9.17, 15) is 4.79 Å². The van der Waals surface area contributed by atoms with E-state index in [4.69, 9.17) is 0 Å². The summed E-state index contributed by atoms with van der Waals surface area (Å²) in [7, 11) is 0. The van der Waals surface area contributed by atoms with Crippen LogP contribution in [0.5, 0.6) is 0 Å². The molecule has 118 valence electrons. The summed E-state index contributed by atoms with van der Waals surface area (Å²) in [4.78, 5) is 15.6. The normalized spacial score (nSPS) is 11.0. The van der Waals surface area contributed by atoms with E-state index in [1.807, 2.05) is 24.3 Å². The number of nitrogens with zero attached hydrogens (tertiary/aromatic N) is 4. The van der Waals surface area contributed by atoms with Gasteiger partial charge < -0.3 is 5.32 Å². The number of carbonyl (C=O) groups excluding carboxylic acids is 1. The van der Waals surface area contributed by atoms with E-state index < -0.39 is 0 Å². The average molecular weight is 309 g/mol. The first kappa shape index (κ1) is 15.1. The molecule has 0 aliphatic carbocycles. The van der Waals surface area contributed by atoms with Gasteiger partial charge in [-0.05, 0) is 37.1 Å². The third-order valence-corrected chi connectivity index (χ3v) is 3.65. The largest absolute Gasteiger partial charge is 0.326 e. The molecule has 0 saturated heterocycles. The number of aryl methyl sites for hydroxylation is 1. The summed E-state index contributed by atoms with van der Waals surface area (Å²) in [5.74, 6) is 0.510. The van der Waals surface area contributed by atoms with Crippen molar-refractivity contribution in [3.8, 4) is 11.4 Å². The van der Waals surface area contributed by atoms with Gasteiger partial charge in [-0.15, -0.1) is 9.73 Å². The molecule has 0 saturated carbocycles. The molecule has 0 aliphatic heterocycles. The van der Waals surface area contributed by atoms with Crippen LogP contribution in [0.4, 0.5) is 5.69 Å². The van der Waals surface area contributed by atoms with E-state index in [0.29, 0.717) is 11.5 Å². The van der Waals surface area contributed by atoms with Crippen molar-refractivity contribution in [2.24, 2.45) is 0 Å². The maximum absolute atomic E-state index is 11.0. The van der Waals surface area contributed by atoms with Crippen molar-refractivity contribution >= 4 is 23.8 Å². The Balaban J connectivity index is 1.88. The van der Waals surface area contributed by atoms with Crippen LogP contribution in [-0.2, 0) is 11.2 Å². The number of carbonyl (C=O) groups is 1. The highest BCUT2D eigenvalue weighted by Crippen LogP contribution is 2.18. The van der Waals surface area contributed by atoms with Crippen LogP contribution in [0.15, 0.2) is 24.3 Å². The van der Waals surface area contributed by atoms with Gasteiger partial charge in [-0.25, -0.2) is 4.98 Å². The summed E-state index contributed by atoms with van der Waals surface area (Å²) in [6.07, 6.45) is 3.11. The molecule has 0 fully saturated rings. The Bertz CT molecular complexity index is 882. The van der Waals surface area contributed by atoms with E-state index in [1.165, 1.54) is 6.92 Å². The third kappa shape index (κ3) is 3.06. The molecule has 2 aromatic heterocycles. The van der Waals surface area contributed by atoms with Gasteiger partial charge in [0.1, 0.15) is 0 Å². The molecule has 0 unspecified atom stereocenters. The lowest BCUT2D eigenvalue weighted by Gasteiger charge is -2.01. The molecular formula is C17H19N5O. The molecule has 23 heavy (non-hydrogen) atoms. The number of hydrogen-bond donors (Lipinski definition) is 1. The minimum absolute atomic E-state index is 0.0953. The van der Waals surface area contributed by atoms with Crippen LogP contribution in [0.2, 0.25) is 0 Å². The van der Waals surface area contributed by atoms with Crippen LogP contribution in [-0.4, -0.2) is 25.7 Å². The van der Waals surface area contributed by atoms with Crippen LogP contribution in [0.25, 0.3) is 23.6 Å². The van der Waals surface area contributed by atoms with Gasteiger partial charge in [-0.2, -0.15) is 5.10 Å². The number of fused-ring (bicyclic) bond motifs is 1. The lowest BCUT2D eigenvalue weighted by atomic mass is 10.2. The Morgan fingerprint density at radius 3 is 2.61 bits per heavy atom. The van der Waals surface area contributed by atoms with Crippen molar-refractivity contribution in [1.82, 2.24) is 19.8 Å². The standard InChI is InChI=1S/C17H19N5O/c1-4-5-6-15-11(2)17-19-16(21-22(17)20-15)13-7-9-14(10-8-13)18-12(3)23/h7-10H,2,4-6H2,1,3H3,(H,18,23). The van der Waals surface area contributed by atoms with Crippen molar-refractivity contribution in [3.05, 3.63) is 35.2 Å². The molecule has 6 heteroatoms. The fraction of sp³-hybridized carbons (Fsp3) is 0.294. The predicted molar refractivity (Wildman–Crippen MR) is 89.9 cm³/mol. The quantitative estimate of drug-likeness (QED) is 0.784. The number of nitrogens with one attached hydrogen (secondary N) is 1. The summed E-state index contributed by atoms with van der Waals surface area (Å²) in [6, 6.07) is 7.41. The SMILES string of the molecule is C=c1c(CCCC)nn2nc(-c3ccc(NC(C)=O)cc3)nc12. The summed E-state index contributed by atoms with van der Waals surface area (Å²) < 4.78 is 1.56. The monoisotopic (exact) mass is 309 g/mol. The summed E-state index contributed by atoms with van der Waals surface area (Å²) >= 11 is 0. The first-order chi connectivity index (χ1) is 11.1. The zero-order chi connectivity index (χ0) is 16.4. The molecule has 2 heterocycles. The minimum atomic E-state index is -0.0953. The van der Waals surface area contributed by atoms with E-state index in [0.717, 1.165) is 41.4 Å². The molecule has 1 aromatic carbocycles. The fourth-order valence-electron chi connectivity index (χ4n) is 2.44. The molecule has 3 aromatic rings. The predicted octanol–water partition coefficient (Wildman–Crippen LogP) is 2.22. The molecule has 1 N–H and O–H groups in total.